The van der Waals surface area contributed by atoms with Crippen molar-refractivity contribution < 1.29 is 18.7 Å². The first-order chi connectivity index (χ1) is 17.4. The predicted octanol–water partition coefficient (Wildman–Crippen LogP) is 6.63. The molecule has 4 aromatic rings. The van der Waals surface area contributed by atoms with Gasteiger partial charge in [0.25, 0.3) is 0 Å². The number of nitrogens with one attached hydrogen (secondary N) is 2. The largest absolute Gasteiger partial charge is 0.496 e. The average Bonchev–Trinajstić information content (AvgIpc) is 2.88. The smallest absolute Gasteiger partial charge is 0.319 e. The minimum Gasteiger partial charge on any atom is -0.496 e. The molecular weight excluding hydrogens is 457 g/mol. The fourth-order valence-electron chi connectivity index (χ4n) is 3.94. The average molecular weight is 484 g/mol. The molecule has 7 heteroatoms. The number of ether oxygens (including phenoxy) is 2. The van der Waals surface area contributed by atoms with Crippen molar-refractivity contribution in [1.29, 1.82) is 5.26 Å². The Balaban J connectivity index is 1.40. The van der Waals surface area contributed by atoms with Crippen LogP contribution < -0.4 is 20.1 Å². The molecule has 0 aliphatic heterocycles. The highest BCUT2D eigenvalue weighted by Gasteiger charge is 2.14. The molecule has 0 aromatic heterocycles. The van der Waals surface area contributed by atoms with Crippen molar-refractivity contribution in [2.45, 2.75) is 26.5 Å². The number of urea groups is 1. The van der Waals surface area contributed by atoms with Crippen LogP contribution >= 0.6 is 0 Å². The molecule has 1 unspecified atom stereocenters. The molecule has 182 valence electrons. The van der Waals surface area contributed by atoms with Crippen molar-refractivity contribution in [3.63, 3.8) is 0 Å². The number of nitrogens with zero attached hydrogens (tertiary/aromatic N) is 1. The van der Waals surface area contributed by atoms with Gasteiger partial charge in [-0.15, -0.1) is 0 Å². The molecule has 0 aliphatic rings. The van der Waals surface area contributed by atoms with E-state index in [0.717, 1.165) is 27.6 Å². The zero-order valence-electron chi connectivity index (χ0n) is 20.3. The van der Waals surface area contributed by atoms with E-state index < -0.39 is 5.82 Å². The van der Waals surface area contributed by atoms with Crippen molar-refractivity contribution >= 4 is 22.5 Å². The number of anilines is 1. The number of methoxy groups -OCH3 is 1. The molecule has 2 amide bonds. The van der Waals surface area contributed by atoms with Crippen LogP contribution in [-0.4, -0.2) is 13.1 Å². The van der Waals surface area contributed by atoms with Gasteiger partial charge in [-0.25, -0.2) is 9.18 Å². The van der Waals surface area contributed by atoms with Gasteiger partial charge >= 0.3 is 6.03 Å². The molecule has 0 spiro atoms. The second kappa shape index (κ2) is 10.8. The van der Waals surface area contributed by atoms with Crippen molar-refractivity contribution in [3.8, 4) is 17.6 Å². The SMILES string of the molecule is COc1cc(C(C)NC(=O)Nc2ccc(OCc3cc(C#N)ccc3F)cc2C)cc2ccccc12. The Labute approximate surface area is 209 Å². The monoisotopic (exact) mass is 483 g/mol. The summed E-state index contributed by atoms with van der Waals surface area (Å²) in [5.74, 6) is 0.846. The second-order valence-electron chi connectivity index (χ2n) is 8.45. The first-order valence-electron chi connectivity index (χ1n) is 11.4. The highest BCUT2D eigenvalue weighted by molar-refractivity contribution is 5.91. The lowest BCUT2D eigenvalue weighted by molar-refractivity contribution is 0.249. The van der Waals surface area contributed by atoms with Crippen molar-refractivity contribution in [2.75, 3.05) is 12.4 Å². The lowest BCUT2D eigenvalue weighted by Crippen LogP contribution is -2.31. The third-order valence-corrected chi connectivity index (χ3v) is 5.93. The molecule has 6 nitrogen and oxygen atoms in total. The summed E-state index contributed by atoms with van der Waals surface area (Å²) < 4.78 is 25.2. The van der Waals surface area contributed by atoms with Crippen LogP contribution in [0.5, 0.6) is 11.5 Å². The summed E-state index contributed by atoms with van der Waals surface area (Å²) in [5.41, 5.74) is 3.00. The van der Waals surface area contributed by atoms with Crippen LogP contribution in [-0.2, 0) is 6.61 Å². The number of hydrogen-bond donors (Lipinski definition) is 2. The third-order valence-electron chi connectivity index (χ3n) is 5.93. The van der Waals surface area contributed by atoms with Crippen LogP contribution in [0.3, 0.4) is 0 Å². The number of fused-ring (bicyclic) bond motifs is 1. The standard InChI is InChI=1S/C29H26FN3O3/c1-18-12-24(36-17-23-13-20(16-31)8-10-26(23)30)9-11-27(18)33-29(34)32-19(2)22-14-21-6-4-5-7-25(21)28(15-22)35-3/h4-15,19H,17H2,1-3H3,(H2,32,33,34). The number of aryl methyl sites for hydroxylation is 1. The Kier molecular flexibility index (Phi) is 7.36. The Hall–Kier alpha value is -4.57. The van der Waals surface area contributed by atoms with E-state index in [9.17, 15) is 9.18 Å². The van der Waals surface area contributed by atoms with Crippen LogP contribution in [0, 0.1) is 24.1 Å². The molecule has 4 rings (SSSR count). The lowest BCUT2D eigenvalue weighted by atomic mass is 10.0. The number of amides is 2. The number of carbonyl (C=O) groups is 1. The van der Waals surface area contributed by atoms with Gasteiger partial charge in [0.2, 0.25) is 0 Å². The van der Waals surface area contributed by atoms with Gasteiger partial charge in [0.15, 0.2) is 0 Å². The summed E-state index contributed by atoms with van der Waals surface area (Å²) in [6, 6.07) is 22.6. The number of nitriles is 1. The number of rotatable bonds is 7. The fourth-order valence-corrected chi connectivity index (χ4v) is 3.94. The van der Waals surface area contributed by atoms with E-state index in [1.54, 1.807) is 25.3 Å². The van der Waals surface area contributed by atoms with Gasteiger partial charge in [-0.2, -0.15) is 5.26 Å². The lowest BCUT2D eigenvalue weighted by Gasteiger charge is -2.18. The number of benzene rings is 4. The first kappa shape index (κ1) is 24.6. The summed E-state index contributed by atoms with van der Waals surface area (Å²) in [6.45, 7) is 3.74. The van der Waals surface area contributed by atoms with E-state index in [0.29, 0.717) is 22.6 Å². The van der Waals surface area contributed by atoms with Crippen molar-refractivity contribution in [1.82, 2.24) is 5.32 Å². The van der Waals surface area contributed by atoms with Gasteiger partial charge in [-0.1, -0.05) is 24.3 Å². The van der Waals surface area contributed by atoms with Crippen molar-refractivity contribution in [2.24, 2.45) is 0 Å². The third kappa shape index (κ3) is 5.56. The maximum Gasteiger partial charge on any atom is 0.319 e. The summed E-state index contributed by atoms with van der Waals surface area (Å²) >= 11 is 0. The van der Waals surface area contributed by atoms with Crippen molar-refractivity contribution in [3.05, 3.63) is 101 Å². The number of halogens is 1. The zero-order valence-corrected chi connectivity index (χ0v) is 20.3. The normalized spacial score (nSPS) is 11.4. The quantitative estimate of drug-likeness (QED) is 0.309. The number of carbonyl (C=O) groups excluding carboxylic acids is 1. The zero-order chi connectivity index (χ0) is 25.7. The molecule has 0 radical (unpaired) electrons. The highest BCUT2D eigenvalue weighted by Crippen LogP contribution is 2.30. The molecule has 0 saturated carbocycles. The fraction of sp³-hybridized carbons (Fsp3) is 0.172. The summed E-state index contributed by atoms with van der Waals surface area (Å²) in [5, 5.41) is 16.9. The summed E-state index contributed by atoms with van der Waals surface area (Å²) in [4.78, 5) is 12.7. The van der Waals surface area contributed by atoms with E-state index in [1.807, 2.05) is 56.3 Å². The molecule has 2 N–H and O–H groups in total. The molecule has 0 saturated heterocycles. The first-order valence-corrected chi connectivity index (χ1v) is 11.4. The topological polar surface area (TPSA) is 83.4 Å². The summed E-state index contributed by atoms with van der Waals surface area (Å²) in [6.07, 6.45) is 0. The maximum atomic E-state index is 14.0. The van der Waals surface area contributed by atoms with E-state index in [1.165, 1.54) is 18.2 Å². The molecule has 0 aliphatic carbocycles. The molecule has 36 heavy (non-hydrogen) atoms. The molecule has 1 atom stereocenters. The summed E-state index contributed by atoms with van der Waals surface area (Å²) in [7, 11) is 1.63. The molecule has 0 bridgehead atoms. The van der Waals surface area contributed by atoms with Gasteiger partial charge in [0.1, 0.15) is 23.9 Å². The minimum atomic E-state index is -0.432. The van der Waals surface area contributed by atoms with Crippen LogP contribution in [0.25, 0.3) is 10.8 Å². The molecule has 4 aromatic carbocycles. The molecular formula is C29H26FN3O3. The van der Waals surface area contributed by atoms with Gasteiger partial charge in [0, 0.05) is 16.6 Å². The number of hydrogen-bond acceptors (Lipinski definition) is 4. The van der Waals surface area contributed by atoms with E-state index in [2.05, 4.69) is 10.6 Å². The van der Waals surface area contributed by atoms with Gasteiger partial charge < -0.3 is 20.1 Å². The van der Waals surface area contributed by atoms with Crippen LogP contribution in [0.4, 0.5) is 14.9 Å². The van der Waals surface area contributed by atoms with E-state index >= 15 is 0 Å². The predicted molar refractivity (Wildman–Crippen MR) is 138 cm³/mol. The Morgan fingerprint density at radius 3 is 2.64 bits per heavy atom. The minimum absolute atomic E-state index is 0.0131. The van der Waals surface area contributed by atoms with Gasteiger partial charge in [-0.3, -0.25) is 0 Å². The molecule has 0 fully saturated rings. The highest BCUT2D eigenvalue weighted by atomic mass is 19.1. The van der Waals surface area contributed by atoms with Crippen LogP contribution in [0.1, 0.15) is 35.2 Å². The van der Waals surface area contributed by atoms with E-state index in [-0.39, 0.29) is 18.7 Å². The Morgan fingerprint density at radius 1 is 1.08 bits per heavy atom. The Bertz CT molecular complexity index is 1460. The second-order valence-corrected chi connectivity index (χ2v) is 8.45. The molecule has 0 heterocycles. The van der Waals surface area contributed by atoms with E-state index in [4.69, 9.17) is 14.7 Å². The van der Waals surface area contributed by atoms with Gasteiger partial charge in [0.05, 0.1) is 24.8 Å². The Morgan fingerprint density at radius 2 is 1.89 bits per heavy atom. The van der Waals surface area contributed by atoms with Crippen LogP contribution in [0.2, 0.25) is 0 Å². The van der Waals surface area contributed by atoms with Gasteiger partial charge in [-0.05, 0) is 78.9 Å². The van der Waals surface area contributed by atoms with Crippen LogP contribution in [0.15, 0.2) is 72.8 Å². The maximum absolute atomic E-state index is 14.0.